The Morgan fingerprint density at radius 1 is 1.52 bits per heavy atom. The molecule has 2 heterocycles. The van der Waals surface area contributed by atoms with Gasteiger partial charge >= 0.3 is 0 Å². The van der Waals surface area contributed by atoms with Gasteiger partial charge in [-0.3, -0.25) is 0 Å². The Kier molecular flexibility index (Phi) is 5.79. The monoisotopic (exact) mass is 332 g/mol. The van der Waals surface area contributed by atoms with Crippen LogP contribution in [0.2, 0.25) is 0 Å². The SMILES string of the molecule is CCNCc1cc(S(=O)(=O)N2CCCOC(C)C2)c(C)s1. The second-order valence-corrected chi connectivity index (χ2v) is 8.56. The van der Waals surface area contributed by atoms with Crippen LogP contribution in [0, 0.1) is 6.92 Å². The number of aryl methyl sites for hydroxylation is 1. The van der Waals surface area contributed by atoms with Crippen molar-refractivity contribution in [1.29, 1.82) is 0 Å². The minimum absolute atomic E-state index is 0.0533. The predicted molar refractivity (Wildman–Crippen MR) is 85.2 cm³/mol. The summed E-state index contributed by atoms with van der Waals surface area (Å²) < 4.78 is 32.8. The molecule has 0 bridgehead atoms. The molecule has 7 heteroatoms. The molecule has 0 saturated carbocycles. The van der Waals surface area contributed by atoms with Gasteiger partial charge in [-0.05, 0) is 32.9 Å². The lowest BCUT2D eigenvalue weighted by molar-refractivity contribution is 0.0752. The van der Waals surface area contributed by atoms with E-state index in [2.05, 4.69) is 5.32 Å². The molecule has 1 saturated heterocycles. The van der Waals surface area contributed by atoms with E-state index >= 15 is 0 Å². The molecule has 1 unspecified atom stereocenters. The van der Waals surface area contributed by atoms with Gasteiger partial charge in [0, 0.05) is 36.0 Å². The summed E-state index contributed by atoms with van der Waals surface area (Å²) in [4.78, 5) is 2.38. The Balaban J connectivity index is 2.23. The van der Waals surface area contributed by atoms with E-state index in [1.54, 1.807) is 15.6 Å². The molecule has 0 aliphatic carbocycles. The zero-order valence-electron chi connectivity index (χ0n) is 12.9. The molecule has 120 valence electrons. The maximum atomic E-state index is 12.9. The van der Waals surface area contributed by atoms with Gasteiger partial charge in [-0.1, -0.05) is 6.92 Å². The van der Waals surface area contributed by atoms with E-state index in [9.17, 15) is 8.42 Å². The second-order valence-electron chi connectivity index (χ2n) is 5.31. The molecule has 2 rings (SSSR count). The summed E-state index contributed by atoms with van der Waals surface area (Å²) in [6.07, 6.45) is 0.694. The van der Waals surface area contributed by atoms with Crippen molar-refractivity contribution in [2.24, 2.45) is 0 Å². The maximum absolute atomic E-state index is 12.9. The van der Waals surface area contributed by atoms with Crippen LogP contribution < -0.4 is 5.32 Å². The number of ether oxygens (including phenoxy) is 1. The van der Waals surface area contributed by atoms with Gasteiger partial charge in [-0.2, -0.15) is 4.31 Å². The van der Waals surface area contributed by atoms with Gasteiger partial charge in [0.25, 0.3) is 0 Å². The first kappa shape index (κ1) is 16.9. The third kappa shape index (κ3) is 4.04. The molecule has 5 nitrogen and oxygen atoms in total. The molecular formula is C14H24N2O3S2. The summed E-state index contributed by atoms with van der Waals surface area (Å²) >= 11 is 1.55. The van der Waals surface area contributed by atoms with E-state index in [-0.39, 0.29) is 6.10 Å². The van der Waals surface area contributed by atoms with Gasteiger partial charge in [0.15, 0.2) is 0 Å². The Hall–Kier alpha value is -0.470. The first-order valence-electron chi connectivity index (χ1n) is 7.37. The van der Waals surface area contributed by atoms with E-state index in [1.165, 1.54) is 0 Å². The average molecular weight is 332 g/mol. The van der Waals surface area contributed by atoms with Crippen molar-refractivity contribution in [3.63, 3.8) is 0 Å². The van der Waals surface area contributed by atoms with Crippen molar-refractivity contribution in [3.05, 3.63) is 15.8 Å². The van der Waals surface area contributed by atoms with E-state index in [0.717, 1.165) is 29.3 Å². The largest absolute Gasteiger partial charge is 0.377 e. The summed E-state index contributed by atoms with van der Waals surface area (Å²) in [6, 6.07) is 1.81. The van der Waals surface area contributed by atoms with E-state index in [1.807, 2.05) is 26.8 Å². The number of hydrogen-bond donors (Lipinski definition) is 1. The lowest BCUT2D eigenvalue weighted by atomic mass is 10.4. The van der Waals surface area contributed by atoms with Gasteiger partial charge in [-0.15, -0.1) is 11.3 Å². The highest BCUT2D eigenvalue weighted by molar-refractivity contribution is 7.89. The molecule has 0 aromatic carbocycles. The second kappa shape index (κ2) is 7.19. The van der Waals surface area contributed by atoms with Crippen LogP contribution >= 0.6 is 11.3 Å². The molecule has 0 radical (unpaired) electrons. The van der Waals surface area contributed by atoms with Crippen LogP contribution in [0.4, 0.5) is 0 Å². The number of hydrogen-bond acceptors (Lipinski definition) is 5. The summed E-state index contributed by atoms with van der Waals surface area (Å²) in [5, 5.41) is 3.24. The zero-order chi connectivity index (χ0) is 15.5. The number of sulfonamides is 1. The summed E-state index contributed by atoms with van der Waals surface area (Å²) in [5.41, 5.74) is 0. The smallest absolute Gasteiger partial charge is 0.244 e. The van der Waals surface area contributed by atoms with Crippen LogP contribution in [0.5, 0.6) is 0 Å². The minimum atomic E-state index is -3.42. The highest BCUT2D eigenvalue weighted by atomic mass is 32.2. The highest BCUT2D eigenvalue weighted by Gasteiger charge is 2.30. The van der Waals surface area contributed by atoms with E-state index in [0.29, 0.717) is 24.6 Å². The summed E-state index contributed by atoms with van der Waals surface area (Å²) in [6.45, 7) is 9.02. The predicted octanol–water partition coefficient (Wildman–Crippen LogP) is 1.97. The standard InChI is InChI=1S/C14H24N2O3S2/c1-4-15-9-13-8-14(12(3)20-13)21(17,18)16-6-5-7-19-11(2)10-16/h8,11,15H,4-7,9-10H2,1-3H3. The van der Waals surface area contributed by atoms with Crippen molar-refractivity contribution >= 4 is 21.4 Å². The van der Waals surface area contributed by atoms with Crippen molar-refractivity contribution < 1.29 is 13.2 Å². The Morgan fingerprint density at radius 3 is 3.00 bits per heavy atom. The van der Waals surface area contributed by atoms with Gasteiger partial charge in [0.05, 0.1) is 11.0 Å². The third-order valence-corrected chi connectivity index (χ3v) is 6.68. The summed E-state index contributed by atoms with van der Waals surface area (Å²) in [7, 11) is -3.42. The van der Waals surface area contributed by atoms with Gasteiger partial charge in [0.2, 0.25) is 10.0 Å². The van der Waals surface area contributed by atoms with Crippen molar-refractivity contribution in [1.82, 2.24) is 9.62 Å². The van der Waals surface area contributed by atoms with Crippen molar-refractivity contribution in [3.8, 4) is 0 Å². The molecule has 1 aromatic heterocycles. The highest BCUT2D eigenvalue weighted by Crippen LogP contribution is 2.29. The van der Waals surface area contributed by atoms with Gasteiger partial charge in [0.1, 0.15) is 0 Å². The molecule has 0 spiro atoms. The van der Waals surface area contributed by atoms with Gasteiger partial charge < -0.3 is 10.1 Å². The van der Waals surface area contributed by atoms with Crippen LogP contribution in [0.1, 0.15) is 30.0 Å². The molecule has 1 aliphatic heterocycles. The zero-order valence-corrected chi connectivity index (χ0v) is 14.5. The molecule has 21 heavy (non-hydrogen) atoms. The molecule has 1 aromatic rings. The van der Waals surface area contributed by atoms with E-state index in [4.69, 9.17) is 4.74 Å². The lowest BCUT2D eigenvalue weighted by Crippen LogP contribution is -2.36. The third-order valence-electron chi connectivity index (χ3n) is 3.51. The molecule has 0 amide bonds. The molecule has 1 fully saturated rings. The van der Waals surface area contributed by atoms with Crippen LogP contribution in [0.25, 0.3) is 0 Å². The first-order valence-corrected chi connectivity index (χ1v) is 9.62. The molecular weight excluding hydrogens is 308 g/mol. The first-order chi connectivity index (χ1) is 9.95. The average Bonchev–Trinajstić information content (AvgIpc) is 2.66. The Labute approximate surface area is 131 Å². The number of thiophene rings is 1. The molecule has 1 aliphatic rings. The van der Waals surface area contributed by atoms with Crippen LogP contribution in [0.15, 0.2) is 11.0 Å². The Morgan fingerprint density at radius 2 is 2.29 bits per heavy atom. The fourth-order valence-electron chi connectivity index (χ4n) is 2.43. The fourth-order valence-corrected chi connectivity index (χ4v) is 5.56. The van der Waals surface area contributed by atoms with E-state index < -0.39 is 10.0 Å². The van der Waals surface area contributed by atoms with Crippen LogP contribution in [0.3, 0.4) is 0 Å². The molecule has 1 atom stereocenters. The lowest BCUT2D eigenvalue weighted by Gasteiger charge is -2.21. The normalized spacial score (nSPS) is 21.4. The number of nitrogens with zero attached hydrogens (tertiary/aromatic N) is 1. The van der Waals surface area contributed by atoms with Gasteiger partial charge in [-0.25, -0.2) is 8.42 Å². The number of rotatable bonds is 5. The van der Waals surface area contributed by atoms with Crippen LogP contribution in [-0.4, -0.2) is 45.1 Å². The molecule has 1 N–H and O–H groups in total. The van der Waals surface area contributed by atoms with Crippen molar-refractivity contribution in [2.75, 3.05) is 26.2 Å². The fraction of sp³-hybridized carbons (Fsp3) is 0.714. The minimum Gasteiger partial charge on any atom is -0.377 e. The number of nitrogens with one attached hydrogen (secondary N) is 1. The van der Waals surface area contributed by atoms with Crippen LogP contribution in [-0.2, 0) is 21.3 Å². The summed E-state index contributed by atoms with van der Waals surface area (Å²) in [5.74, 6) is 0. The Bertz CT molecular complexity index is 569. The quantitative estimate of drug-likeness (QED) is 0.895. The maximum Gasteiger partial charge on any atom is 0.244 e. The van der Waals surface area contributed by atoms with Crippen molar-refractivity contribution in [2.45, 2.75) is 44.7 Å². The topological polar surface area (TPSA) is 58.6 Å².